The Morgan fingerprint density at radius 2 is 2.06 bits per heavy atom. The molecule has 0 radical (unpaired) electrons. The third-order valence-corrected chi connectivity index (χ3v) is 2.32. The summed E-state index contributed by atoms with van der Waals surface area (Å²) in [5, 5.41) is 0.923. The lowest BCUT2D eigenvalue weighted by molar-refractivity contribution is 0.0890. The van der Waals surface area contributed by atoms with Crippen LogP contribution in [0.1, 0.15) is 13.8 Å². The van der Waals surface area contributed by atoms with Gasteiger partial charge in [-0.15, -0.1) is 0 Å². The van der Waals surface area contributed by atoms with Gasteiger partial charge in [-0.05, 0) is 18.1 Å². The van der Waals surface area contributed by atoms with Gasteiger partial charge in [0.2, 0.25) is 0 Å². The Hall–Kier alpha value is -2.10. The summed E-state index contributed by atoms with van der Waals surface area (Å²) in [6.45, 7) is 4.27. The first-order chi connectivity index (χ1) is 8.66. The minimum Gasteiger partial charge on any atom is -0.434 e. The number of pyridine rings is 1. The molecule has 1 heterocycles. The fourth-order valence-electron chi connectivity index (χ4n) is 1.51. The maximum Gasteiger partial charge on any atom is 0.513 e. The Kier molecular flexibility index (Phi) is 3.77. The second kappa shape index (κ2) is 5.49. The van der Waals surface area contributed by atoms with Crippen molar-refractivity contribution in [2.75, 3.05) is 6.61 Å². The highest BCUT2D eigenvalue weighted by Crippen LogP contribution is 2.23. The van der Waals surface area contributed by atoms with Gasteiger partial charge in [0.1, 0.15) is 5.52 Å². The molecule has 1 aromatic heterocycles. The van der Waals surface area contributed by atoms with Crippen LogP contribution in [0.4, 0.5) is 4.79 Å². The first kappa shape index (κ1) is 12.4. The van der Waals surface area contributed by atoms with Crippen LogP contribution in [-0.4, -0.2) is 17.7 Å². The molecule has 0 aliphatic rings. The SMILES string of the molecule is CC(C)COC(=O)Oc1cccc2cccnc12. The van der Waals surface area contributed by atoms with Crippen LogP contribution in [0.3, 0.4) is 0 Å². The van der Waals surface area contributed by atoms with Gasteiger partial charge in [0.15, 0.2) is 5.75 Å². The molecule has 2 rings (SSSR count). The average molecular weight is 245 g/mol. The number of benzene rings is 1. The molecule has 2 aromatic rings. The van der Waals surface area contributed by atoms with Gasteiger partial charge in [-0.25, -0.2) is 4.79 Å². The largest absolute Gasteiger partial charge is 0.513 e. The lowest BCUT2D eigenvalue weighted by atomic mass is 10.2. The van der Waals surface area contributed by atoms with Crippen molar-refractivity contribution in [1.29, 1.82) is 0 Å². The minimum absolute atomic E-state index is 0.281. The van der Waals surface area contributed by atoms with Crippen molar-refractivity contribution < 1.29 is 14.3 Å². The standard InChI is InChI=1S/C14H15NO3/c1-10(2)9-17-14(16)18-12-7-3-5-11-6-4-8-15-13(11)12/h3-8,10H,9H2,1-2H3. The van der Waals surface area contributed by atoms with E-state index in [9.17, 15) is 4.79 Å². The van der Waals surface area contributed by atoms with Crippen LogP contribution in [-0.2, 0) is 4.74 Å². The average Bonchev–Trinajstić information content (AvgIpc) is 2.37. The van der Waals surface area contributed by atoms with Crippen molar-refractivity contribution in [2.24, 2.45) is 5.92 Å². The van der Waals surface area contributed by atoms with Gasteiger partial charge in [-0.1, -0.05) is 32.0 Å². The second-order valence-electron chi connectivity index (χ2n) is 4.39. The highest BCUT2D eigenvalue weighted by molar-refractivity contribution is 5.85. The fraction of sp³-hybridized carbons (Fsp3) is 0.286. The zero-order chi connectivity index (χ0) is 13.0. The molecule has 0 fully saturated rings. The Labute approximate surface area is 106 Å². The molecule has 0 spiro atoms. The number of hydrogen-bond donors (Lipinski definition) is 0. The van der Waals surface area contributed by atoms with Crippen LogP contribution in [0.15, 0.2) is 36.5 Å². The Bertz CT molecular complexity index is 546. The van der Waals surface area contributed by atoms with Crippen molar-refractivity contribution in [1.82, 2.24) is 4.98 Å². The third-order valence-electron chi connectivity index (χ3n) is 2.32. The van der Waals surface area contributed by atoms with Gasteiger partial charge in [-0.2, -0.15) is 0 Å². The normalized spacial score (nSPS) is 10.6. The van der Waals surface area contributed by atoms with E-state index >= 15 is 0 Å². The van der Waals surface area contributed by atoms with Crippen molar-refractivity contribution in [2.45, 2.75) is 13.8 Å². The lowest BCUT2D eigenvalue weighted by Crippen LogP contribution is -2.14. The number of rotatable bonds is 3. The molecule has 0 unspecified atom stereocenters. The third kappa shape index (κ3) is 2.97. The van der Waals surface area contributed by atoms with Crippen molar-refractivity contribution in [3.05, 3.63) is 36.5 Å². The number of carbonyl (C=O) groups is 1. The summed E-state index contributed by atoms with van der Waals surface area (Å²) >= 11 is 0. The summed E-state index contributed by atoms with van der Waals surface area (Å²) in [5.74, 6) is 0.699. The fourth-order valence-corrected chi connectivity index (χ4v) is 1.51. The maximum absolute atomic E-state index is 11.5. The quantitative estimate of drug-likeness (QED) is 0.614. The smallest absolute Gasteiger partial charge is 0.434 e. The molecule has 0 aliphatic carbocycles. The summed E-state index contributed by atoms with van der Waals surface area (Å²) in [6.07, 6.45) is 0.969. The molecule has 0 atom stereocenters. The molecule has 0 amide bonds. The molecular formula is C14H15NO3. The highest BCUT2D eigenvalue weighted by Gasteiger charge is 2.10. The summed E-state index contributed by atoms with van der Waals surface area (Å²) in [4.78, 5) is 15.7. The van der Waals surface area contributed by atoms with Gasteiger partial charge in [0.25, 0.3) is 0 Å². The van der Waals surface area contributed by atoms with Crippen molar-refractivity contribution >= 4 is 17.1 Å². The van der Waals surface area contributed by atoms with Crippen LogP contribution in [0.25, 0.3) is 10.9 Å². The molecule has 0 saturated carbocycles. The minimum atomic E-state index is -0.693. The maximum atomic E-state index is 11.5. The summed E-state index contributed by atoms with van der Waals surface area (Å²) in [6, 6.07) is 9.17. The molecule has 0 N–H and O–H groups in total. The Morgan fingerprint density at radius 3 is 2.83 bits per heavy atom. The predicted octanol–water partition coefficient (Wildman–Crippen LogP) is 3.41. The molecule has 4 heteroatoms. The second-order valence-corrected chi connectivity index (χ2v) is 4.39. The zero-order valence-corrected chi connectivity index (χ0v) is 10.4. The predicted molar refractivity (Wildman–Crippen MR) is 68.6 cm³/mol. The zero-order valence-electron chi connectivity index (χ0n) is 10.4. The summed E-state index contributed by atoms with van der Waals surface area (Å²) in [5.41, 5.74) is 0.654. The van der Waals surface area contributed by atoms with E-state index in [0.717, 1.165) is 5.39 Å². The molecule has 18 heavy (non-hydrogen) atoms. The Morgan fingerprint density at radius 1 is 1.28 bits per heavy atom. The van der Waals surface area contributed by atoms with Crippen LogP contribution in [0.2, 0.25) is 0 Å². The lowest BCUT2D eigenvalue weighted by Gasteiger charge is -2.08. The van der Waals surface area contributed by atoms with Crippen LogP contribution < -0.4 is 4.74 Å². The number of fused-ring (bicyclic) bond motifs is 1. The van der Waals surface area contributed by atoms with E-state index < -0.39 is 6.16 Å². The molecule has 0 bridgehead atoms. The first-order valence-corrected chi connectivity index (χ1v) is 5.85. The highest BCUT2D eigenvalue weighted by atomic mass is 16.7. The number of nitrogens with zero attached hydrogens (tertiary/aromatic N) is 1. The van der Waals surface area contributed by atoms with E-state index in [-0.39, 0.29) is 5.92 Å². The first-order valence-electron chi connectivity index (χ1n) is 5.85. The van der Waals surface area contributed by atoms with Gasteiger partial charge in [-0.3, -0.25) is 4.98 Å². The number of ether oxygens (including phenoxy) is 2. The molecule has 1 aromatic carbocycles. The summed E-state index contributed by atoms with van der Waals surface area (Å²) in [7, 11) is 0. The van der Waals surface area contributed by atoms with Crippen LogP contribution >= 0.6 is 0 Å². The van der Waals surface area contributed by atoms with Crippen molar-refractivity contribution in [3.8, 4) is 5.75 Å². The molecular weight excluding hydrogens is 230 g/mol. The number of para-hydroxylation sites is 1. The monoisotopic (exact) mass is 245 g/mol. The van der Waals surface area contributed by atoms with Crippen molar-refractivity contribution in [3.63, 3.8) is 0 Å². The van der Waals surface area contributed by atoms with E-state index in [0.29, 0.717) is 17.9 Å². The topological polar surface area (TPSA) is 48.4 Å². The molecule has 0 saturated heterocycles. The van der Waals surface area contributed by atoms with E-state index in [1.54, 1.807) is 12.3 Å². The van der Waals surface area contributed by atoms with Gasteiger partial charge >= 0.3 is 6.16 Å². The van der Waals surface area contributed by atoms with Gasteiger partial charge in [0, 0.05) is 11.6 Å². The van der Waals surface area contributed by atoms with Gasteiger partial charge in [0.05, 0.1) is 6.61 Å². The molecule has 94 valence electrons. The molecule has 4 nitrogen and oxygen atoms in total. The van der Waals surface area contributed by atoms with Crippen LogP contribution in [0, 0.1) is 5.92 Å². The van der Waals surface area contributed by atoms with E-state index in [4.69, 9.17) is 9.47 Å². The van der Waals surface area contributed by atoms with Crippen LogP contribution in [0.5, 0.6) is 5.75 Å². The summed E-state index contributed by atoms with van der Waals surface area (Å²) < 4.78 is 10.1. The Balaban J connectivity index is 2.14. The van der Waals surface area contributed by atoms with E-state index in [1.165, 1.54) is 0 Å². The van der Waals surface area contributed by atoms with Gasteiger partial charge < -0.3 is 9.47 Å². The number of aromatic nitrogens is 1. The number of hydrogen-bond acceptors (Lipinski definition) is 4. The van der Waals surface area contributed by atoms with E-state index in [1.807, 2.05) is 38.1 Å². The molecule has 0 aliphatic heterocycles. The van der Waals surface area contributed by atoms with E-state index in [2.05, 4.69) is 4.98 Å². The number of carbonyl (C=O) groups excluding carboxylic acids is 1.